The number of aromatic nitrogens is 5. The highest BCUT2D eigenvalue weighted by Gasteiger charge is 2.30. The van der Waals surface area contributed by atoms with E-state index in [9.17, 15) is 4.79 Å². The predicted molar refractivity (Wildman–Crippen MR) is 92.7 cm³/mol. The fraction of sp³-hybridized carbons (Fsp3) is 0.278. The first kappa shape index (κ1) is 16.2. The van der Waals surface area contributed by atoms with Crippen LogP contribution in [0, 0.1) is 0 Å². The van der Waals surface area contributed by atoms with Gasteiger partial charge in [0, 0.05) is 12.3 Å². The van der Waals surface area contributed by atoms with E-state index in [1.807, 2.05) is 37.3 Å². The van der Waals surface area contributed by atoms with Crippen molar-refractivity contribution in [3.8, 4) is 11.5 Å². The minimum Gasteiger partial charge on any atom is -0.457 e. The number of benzene rings is 1. The van der Waals surface area contributed by atoms with Crippen LogP contribution in [0.3, 0.4) is 0 Å². The number of carbonyl (C=O) groups is 1. The molecule has 132 valence electrons. The highest BCUT2D eigenvalue weighted by molar-refractivity contribution is 5.92. The van der Waals surface area contributed by atoms with E-state index in [-0.39, 0.29) is 17.6 Å². The van der Waals surface area contributed by atoms with Gasteiger partial charge < -0.3 is 10.1 Å². The molecular formula is C18H18N6O2. The second kappa shape index (κ2) is 6.91. The Morgan fingerprint density at radius 3 is 2.81 bits per heavy atom. The number of para-hydroxylation sites is 1. The molecule has 26 heavy (non-hydrogen) atoms. The molecule has 0 spiro atoms. The third-order valence-corrected chi connectivity index (χ3v) is 4.09. The zero-order chi connectivity index (χ0) is 17.9. The number of carbonyl (C=O) groups excluding carboxylic acids is 1. The molecule has 1 amide bonds. The molecule has 0 saturated heterocycles. The van der Waals surface area contributed by atoms with Gasteiger partial charge in [0.1, 0.15) is 17.2 Å². The SMILES string of the molecule is CC(NC(=O)c1cc(Oc2ccccc2)ccn1)c1nnnn1C1CC1. The Balaban J connectivity index is 1.46. The summed E-state index contributed by atoms with van der Waals surface area (Å²) < 4.78 is 7.53. The van der Waals surface area contributed by atoms with Crippen LogP contribution in [0.15, 0.2) is 48.7 Å². The van der Waals surface area contributed by atoms with E-state index in [0.29, 0.717) is 23.4 Å². The standard InChI is InChI=1S/C18H18N6O2/c1-12(17-21-22-23-24(17)13-7-8-13)20-18(25)16-11-15(9-10-19-16)26-14-5-3-2-4-6-14/h2-6,9-13H,7-8H2,1H3,(H,20,25). The molecule has 1 aromatic carbocycles. The number of amides is 1. The number of hydrogen-bond acceptors (Lipinski definition) is 6. The van der Waals surface area contributed by atoms with Gasteiger partial charge in [0.2, 0.25) is 0 Å². The topological polar surface area (TPSA) is 94.8 Å². The average molecular weight is 350 g/mol. The first-order valence-corrected chi connectivity index (χ1v) is 8.48. The van der Waals surface area contributed by atoms with E-state index >= 15 is 0 Å². The zero-order valence-electron chi connectivity index (χ0n) is 14.2. The van der Waals surface area contributed by atoms with Gasteiger partial charge in [-0.3, -0.25) is 9.78 Å². The van der Waals surface area contributed by atoms with Crippen molar-refractivity contribution < 1.29 is 9.53 Å². The van der Waals surface area contributed by atoms with Crippen LogP contribution < -0.4 is 10.1 Å². The minimum absolute atomic E-state index is 0.274. The molecule has 1 atom stereocenters. The van der Waals surface area contributed by atoms with Crippen molar-refractivity contribution in [1.82, 2.24) is 30.5 Å². The van der Waals surface area contributed by atoms with Crippen LogP contribution in [0.1, 0.15) is 48.2 Å². The lowest BCUT2D eigenvalue weighted by Crippen LogP contribution is -2.29. The Kier molecular flexibility index (Phi) is 4.30. The van der Waals surface area contributed by atoms with Gasteiger partial charge in [-0.25, -0.2) is 4.68 Å². The molecule has 2 heterocycles. The van der Waals surface area contributed by atoms with E-state index in [4.69, 9.17) is 4.74 Å². The Bertz CT molecular complexity index is 907. The van der Waals surface area contributed by atoms with E-state index in [1.165, 1.54) is 0 Å². The summed E-state index contributed by atoms with van der Waals surface area (Å²) in [5.74, 6) is 1.59. The summed E-state index contributed by atoms with van der Waals surface area (Å²) in [5, 5.41) is 14.7. The van der Waals surface area contributed by atoms with Gasteiger partial charge in [-0.2, -0.15) is 0 Å². The van der Waals surface area contributed by atoms with Crippen molar-refractivity contribution in [2.45, 2.75) is 31.8 Å². The summed E-state index contributed by atoms with van der Waals surface area (Å²) in [4.78, 5) is 16.7. The maximum Gasteiger partial charge on any atom is 0.270 e. The summed E-state index contributed by atoms with van der Waals surface area (Å²) in [7, 11) is 0. The quantitative estimate of drug-likeness (QED) is 0.734. The molecule has 1 fully saturated rings. The third kappa shape index (κ3) is 3.53. The third-order valence-electron chi connectivity index (χ3n) is 4.09. The van der Waals surface area contributed by atoms with Crippen LogP contribution >= 0.6 is 0 Å². The fourth-order valence-corrected chi connectivity index (χ4v) is 2.62. The van der Waals surface area contributed by atoms with Gasteiger partial charge in [0.05, 0.1) is 12.1 Å². The maximum atomic E-state index is 12.5. The number of nitrogens with zero attached hydrogens (tertiary/aromatic N) is 5. The van der Waals surface area contributed by atoms with Crippen LogP contribution in [0.5, 0.6) is 11.5 Å². The van der Waals surface area contributed by atoms with Crippen molar-refractivity contribution >= 4 is 5.91 Å². The Morgan fingerprint density at radius 2 is 2.04 bits per heavy atom. The lowest BCUT2D eigenvalue weighted by Gasteiger charge is -2.13. The molecule has 1 aliphatic carbocycles. The summed E-state index contributed by atoms with van der Waals surface area (Å²) in [6.45, 7) is 1.85. The summed E-state index contributed by atoms with van der Waals surface area (Å²) in [5.41, 5.74) is 0.274. The van der Waals surface area contributed by atoms with Gasteiger partial charge in [-0.05, 0) is 48.4 Å². The van der Waals surface area contributed by atoms with Crippen molar-refractivity contribution in [3.05, 3.63) is 60.2 Å². The molecular weight excluding hydrogens is 332 g/mol. The Hall–Kier alpha value is -3.29. The number of pyridine rings is 1. The summed E-state index contributed by atoms with van der Waals surface area (Å²) in [6.07, 6.45) is 3.68. The zero-order valence-corrected chi connectivity index (χ0v) is 14.2. The highest BCUT2D eigenvalue weighted by atomic mass is 16.5. The van der Waals surface area contributed by atoms with Crippen molar-refractivity contribution in [2.24, 2.45) is 0 Å². The van der Waals surface area contributed by atoms with E-state index in [0.717, 1.165) is 12.8 Å². The van der Waals surface area contributed by atoms with E-state index < -0.39 is 0 Å². The molecule has 4 rings (SSSR count). The fourth-order valence-electron chi connectivity index (χ4n) is 2.62. The van der Waals surface area contributed by atoms with Crippen LogP contribution in [-0.4, -0.2) is 31.1 Å². The first-order valence-electron chi connectivity index (χ1n) is 8.48. The number of ether oxygens (including phenoxy) is 1. The Labute approximate surface area is 150 Å². The second-order valence-electron chi connectivity index (χ2n) is 6.20. The lowest BCUT2D eigenvalue weighted by atomic mass is 10.2. The molecule has 2 aromatic heterocycles. The average Bonchev–Trinajstić information content (AvgIpc) is 3.39. The predicted octanol–water partition coefficient (Wildman–Crippen LogP) is 2.69. The molecule has 1 N–H and O–H groups in total. The molecule has 0 aliphatic heterocycles. The number of hydrogen-bond donors (Lipinski definition) is 1. The highest BCUT2D eigenvalue weighted by Crippen LogP contribution is 2.35. The van der Waals surface area contributed by atoms with Crippen molar-refractivity contribution in [1.29, 1.82) is 0 Å². The van der Waals surface area contributed by atoms with Gasteiger partial charge in [-0.1, -0.05) is 18.2 Å². The number of nitrogens with one attached hydrogen (secondary N) is 1. The molecule has 3 aromatic rings. The van der Waals surface area contributed by atoms with Gasteiger partial charge in [0.25, 0.3) is 5.91 Å². The van der Waals surface area contributed by atoms with Crippen LogP contribution in [0.2, 0.25) is 0 Å². The van der Waals surface area contributed by atoms with Crippen LogP contribution in [-0.2, 0) is 0 Å². The molecule has 1 unspecified atom stereocenters. The summed E-state index contributed by atoms with van der Waals surface area (Å²) in [6, 6.07) is 12.7. The monoisotopic (exact) mass is 350 g/mol. The number of tetrazole rings is 1. The number of rotatable bonds is 6. The minimum atomic E-state index is -0.321. The Morgan fingerprint density at radius 1 is 1.23 bits per heavy atom. The normalized spacial score (nSPS) is 14.7. The summed E-state index contributed by atoms with van der Waals surface area (Å²) >= 11 is 0. The largest absolute Gasteiger partial charge is 0.457 e. The lowest BCUT2D eigenvalue weighted by molar-refractivity contribution is 0.0932. The molecule has 1 aliphatic rings. The van der Waals surface area contributed by atoms with Crippen LogP contribution in [0.4, 0.5) is 0 Å². The van der Waals surface area contributed by atoms with Crippen LogP contribution in [0.25, 0.3) is 0 Å². The molecule has 1 saturated carbocycles. The van der Waals surface area contributed by atoms with Gasteiger partial charge in [-0.15, -0.1) is 5.10 Å². The molecule has 0 bridgehead atoms. The molecule has 0 radical (unpaired) electrons. The van der Waals surface area contributed by atoms with Crippen molar-refractivity contribution in [3.63, 3.8) is 0 Å². The van der Waals surface area contributed by atoms with E-state index in [2.05, 4.69) is 25.8 Å². The molecule has 8 nitrogen and oxygen atoms in total. The molecule has 8 heteroatoms. The van der Waals surface area contributed by atoms with Gasteiger partial charge >= 0.3 is 0 Å². The first-order chi connectivity index (χ1) is 12.7. The van der Waals surface area contributed by atoms with Crippen molar-refractivity contribution in [2.75, 3.05) is 0 Å². The van der Waals surface area contributed by atoms with Gasteiger partial charge in [0.15, 0.2) is 5.82 Å². The maximum absolute atomic E-state index is 12.5. The van der Waals surface area contributed by atoms with E-state index in [1.54, 1.807) is 23.0 Å². The second-order valence-corrected chi connectivity index (χ2v) is 6.20. The smallest absolute Gasteiger partial charge is 0.270 e.